The Morgan fingerprint density at radius 2 is 1.88 bits per heavy atom. The fourth-order valence-corrected chi connectivity index (χ4v) is 2.01. The minimum atomic E-state index is 0.0883. The molecule has 2 heterocycles. The summed E-state index contributed by atoms with van der Waals surface area (Å²) in [6.07, 6.45) is 3.58. The minimum absolute atomic E-state index is 0.0883. The molecule has 0 radical (unpaired) electrons. The lowest BCUT2D eigenvalue weighted by molar-refractivity contribution is 0.516. The maximum Gasteiger partial charge on any atom is 0.0894 e. The Bertz CT molecular complexity index is 502. The summed E-state index contributed by atoms with van der Waals surface area (Å²) in [5, 5.41) is 4.57. The lowest BCUT2D eigenvalue weighted by atomic mass is 10.1. The van der Waals surface area contributed by atoms with E-state index in [9.17, 15) is 0 Å². The molecule has 4 heteroatoms. The van der Waals surface area contributed by atoms with E-state index >= 15 is 0 Å². The summed E-state index contributed by atoms with van der Waals surface area (Å²) in [6.45, 7) is 6.73. The van der Waals surface area contributed by atoms with E-state index in [0.29, 0.717) is 6.54 Å². The molecule has 0 aromatic carbocycles. The molecule has 90 valence electrons. The molecule has 0 amide bonds. The molecule has 0 aliphatic rings. The van der Waals surface area contributed by atoms with Crippen LogP contribution in [0.15, 0.2) is 24.5 Å². The molecular weight excluding hydrogens is 212 g/mol. The number of hydrogen-bond donors (Lipinski definition) is 1. The van der Waals surface area contributed by atoms with Crippen LogP contribution in [0.2, 0.25) is 0 Å². The van der Waals surface area contributed by atoms with Crippen molar-refractivity contribution in [2.45, 2.75) is 26.8 Å². The highest BCUT2D eigenvalue weighted by molar-refractivity contribution is 5.26. The number of pyridine rings is 1. The summed E-state index contributed by atoms with van der Waals surface area (Å²) in [4.78, 5) is 4.03. The molecule has 4 nitrogen and oxygen atoms in total. The first-order valence-electron chi connectivity index (χ1n) is 5.77. The van der Waals surface area contributed by atoms with Gasteiger partial charge < -0.3 is 5.73 Å². The van der Waals surface area contributed by atoms with Gasteiger partial charge in [0.2, 0.25) is 0 Å². The average Bonchev–Trinajstić information content (AvgIpc) is 2.60. The summed E-state index contributed by atoms with van der Waals surface area (Å²) in [6, 6.07) is 4.07. The number of rotatable bonds is 3. The van der Waals surface area contributed by atoms with E-state index in [4.69, 9.17) is 5.73 Å². The Morgan fingerprint density at radius 3 is 2.35 bits per heavy atom. The Hall–Kier alpha value is -1.68. The van der Waals surface area contributed by atoms with E-state index < -0.39 is 0 Å². The van der Waals surface area contributed by atoms with Gasteiger partial charge in [0.1, 0.15) is 0 Å². The SMILES string of the molecule is Cc1nn(C(CN)c2ccncc2)c(C)c1C. The molecule has 0 aliphatic heterocycles. The van der Waals surface area contributed by atoms with Crippen molar-refractivity contribution in [3.8, 4) is 0 Å². The quantitative estimate of drug-likeness (QED) is 0.874. The Labute approximate surface area is 101 Å². The topological polar surface area (TPSA) is 56.7 Å². The van der Waals surface area contributed by atoms with Gasteiger partial charge in [0.05, 0.1) is 11.7 Å². The molecule has 2 aromatic heterocycles. The third kappa shape index (κ3) is 2.08. The number of nitrogens with two attached hydrogens (primary N) is 1. The standard InChI is InChI=1S/C13H18N4/c1-9-10(2)16-17(11(9)3)13(8-14)12-4-6-15-7-5-12/h4-7,13H,8,14H2,1-3H3. The predicted molar refractivity (Wildman–Crippen MR) is 67.9 cm³/mol. The average molecular weight is 230 g/mol. The van der Waals surface area contributed by atoms with Crippen molar-refractivity contribution in [1.82, 2.24) is 14.8 Å². The van der Waals surface area contributed by atoms with Gasteiger partial charge in [0, 0.05) is 24.6 Å². The normalized spacial score (nSPS) is 12.7. The van der Waals surface area contributed by atoms with Gasteiger partial charge in [-0.1, -0.05) is 0 Å². The molecule has 1 atom stereocenters. The van der Waals surface area contributed by atoms with Crippen molar-refractivity contribution < 1.29 is 0 Å². The first-order valence-corrected chi connectivity index (χ1v) is 5.77. The smallest absolute Gasteiger partial charge is 0.0894 e. The van der Waals surface area contributed by atoms with Gasteiger partial charge in [-0.15, -0.1) is 0 Å². The monoisotopic (exact) mass is 230 g/mol. The van der Waals surface area contributed by atoms with E-state index in [1.165, 1.54) is 11.3 Å². The maximum atomic E-state index is 5.88. The van der Waals surface area contributed by atoms with Gasteiger partial charge in [-0.25, -0.2) is 0 Å². The summed E-state index contributed by atoms with van der Waals surface area (Å²) >= 11 is 0. The van der Waals surface area contributed by atoms with Crippen molar-refractivity contribution in [1.29, 1.82) is 0 Å². The molecule has 1 unspecified atom stereocenters. The van der Waals surface area contributed by atoms with Crippen LogP contribution in [0.4, 0.5) is 0 Å². The molecule has 0 saturated heterocycles. The second-order valence-electron chi connectivity index (χ2n) is 4.27. The molecule has 2 N–H and O–H groups in total. The Balaban J connectivity index is 2.46. The lowest BCUT2D eigenvalue weighted by Crippen LogP contribution is -2.22. The number of aromatic nitrogens is 3. The summed E-state index contributed by atoms with van der Waals surface area (Å²) < 4.78 is 2.01. The van der Waals surface area contributed by atoms with Gasteiger partial charge in [-0.2, -0.15) is 5.10 Å². The number of hydrogen-bond acceptors (Lipinski definition) is 3. The van der Waals surface area contributed by atoms with Crippen LogP contribution in [0.25, 0.3) is 0 Å². The van der Waals surface area contributed by atoms with Crippen LogP contribution in [0.5, 0.6) is 0 Å². The zero-order chi connectivity index (χ0) is 12.4. The zero-order valence-corrected chi connectivity index (χ0v) is 10.5. The fourth-order valence-electron chi connectivity index (χ4n) is 2.01. The van der Waals surface area contributed by atoms with Crippen LogP contribution in [-0.4, -0.2) is 21.3 Å². The van der Waals surface area contributed by atoms with Crippen LogP contribution in [0.3, 0.4) is 0 Å². The van der Waals surface area contributed by atoms with Gasteiger partial charge >= 0.3 is 0 Å². The van der Waals surface area contributed by atoms with Crippen molar-refractivity contribution in [2.24, 2.45) is 5.73 Å². The highest BCUT2D eigenvalue weighted by Crippen LogP contribution is 2.21. The largest absolute Gasteiger partial charge is 0.328 e. The fraction of sp³-hybridized carbons (Fsp3) is 0.385. The van der Waals surface area contributed by atoms with Gasteiger partial charge in [0.15, 0.2) is 0 Å². The second-order valence-corrected chi connectivity index (χ2v) is 4.27. The Kier molecular flexibility index (Phi) is 3.24. The number of nitrogens with zero attached hydrogens (tertiary/aromatic N) is 3. The molecule has 0 bridgehead atoms. The number of aryl methyl sites for hydroxylation is 1. The minimum Gasteiger partial charge on any atom is -0.328 e. The summed E-state index contributed by atoms with van der Waals surface area (Å²) in [5.41, 5.74) is 10.5. The third-order valence-corrected chi connectivity index (χ3v) is 3.30. The van der Waals surface area contributed by atoms with E-state index in [2.05, 4.69) is 23.9 Å². The van der Waals surface area contributed by atoms with Crippen LogP contribution >= 0.6 is 0 Å². The summed E-state index contributed by atoms with van der Waals surface area (Å²) in [5.74, 6) is 0. The molecule has 17 heavy (non-hydrogen) atoms. The first-order chi connectivity index (χ1) is 8.15. The highest BCUT2D eigenvalue weighted by Gasteiger charge is 2.17. The Morgan fingerprint density at radius 1 is 1.24 bits per heavy atom. The van der Waals surface area contributed by atoms with E-state index in [0.717, 1.165) is 11.3 Å². The molecule has 0 saturated carbocycles. The van der Waals surface area contributed by atoms with Crippen molar-refractivity contribution in [3.05, 3.63) is 47.0 Å². The highest BCUT2D eigenvalue weighted by atomic mass is 15.3. The van der Waals surface area contributed by atoms with Gasteiger partial charge in [0.25, 0.3) is 0 Å². The van der Waals surface area contributed by atoms with Crippen molar-refractivity contribution in [2.75, 3.05) is 6.54 Å². The van der Waals surface area contributed by atoms with Crippen molar-refractivity contribution in [3.63, 3.8) is 0 Å². The molecular formula is C13H18N4. The van der Waals surface area contributed by atoms with Crippen LogP contribution in [0.1, 0.15) is 28.6 Å². The maximum absolute atomic E-state index is 5.88. The molecule has 2 aromatic rings. The molecule has 0 fully saturated rings. The van der Waals surface area contributed by atoms with Gasteiger partial charge in [-0.05, 0) is 44.0 Å². The summed E-state index contributed by atoms with van der Waals surface area (Å²) in [7, 11) is 0. The van der Waals surface area contributed by atoms with Crippen LogP contribution < -0.4 is 5.73 Å². The second kappa shape index (κ2) is 4.67. The third-order valence-electron chi connectivity index (χ3n) is 3.30. The lowest BCUT2D eigenvalue weighted by Gasteiger charge is -2.17. The van der Waals surface area contributed by atoms with E-state index in [-0.39, 0.29) is 6.04 Å². The molecule has 0 spiro atoms. The van der Waals surface area contributed by atoms with E-state index in [1.807, 2.05) is 23.7 Å². The first kappa shape index (κ1) is 11.8. The van der Waals surface area contributed by atoms with Crippen molar-refractivity contribution >= 4 is 0 Å². The molecule has 2 rings (SSSR count). The zero-order valence-electron chi connectivity index (χ0n) is 10.5. The molecule has 0 aliphatic carbocycles. The van der Waals surface area contributed by atoms with Crippen LogP contribution in [-0.2, 0) is 0 Å². The predicted octanol–water partition coefficient (Wildman–Crippen LogP) is 1.75. The van der Waals surface area contributed by atoms with E-state index in [1.54, 1.807) is 12.4 Å². The van der Waals surface area contributed by atoms with Gasteiger partial charge in [-0.3, -0.25) is 9.67 Å². The van der Waals surface area contributed by atoms with Crippen LogP contribution in [0, 0.1) is 20.8 Å².